The van der Waals surface area contributed by atoms with Gasteiger partial charge in [0.25, 0.3) is 0 Å². The summed E-state index contributed by atoms with van der Waals surface area (Å²) >= 11 is 0. The summed E-state index contributed by atoms with van der Waals surface area (Å²) in [6.07, 6.45) is 0. The van der Waals surface area contributed by atoms with E-state index in [1.54, 1.807) is 0 Å². The monoisotopic (exact) mass is 606 g/mol. The zero-order chi connectivity index (χ0) is 30.3. The van der Waals surface area contributed by atoms with E-state index in [0.29, 0.717) is 0 Å². The van der Waals surface area contributed by atoms with Crippen molar-refractivity contribution in [2.75, 3.05) is 0 Å². The van der Waals surface area contributed by atoms with Crippen molar-refractivity contribution < 1.29 is 0 Å². The SMILES string of the molecule is c1ccc([SH]2(c3ccccc3)(c3ccc(-c4ccc5c6ccccc6n6c7ccccc7nc6c5c4)cc3)c3ccccc32)cc1. The molecule has 2 aromatic heterocycles. The lowest BCUT2D eigenvalue weighted by Crippen LogP contribution is -2.06. The van der Waals surface area contributed by atoms with Crippen molar-refractivity contribution in [2.24, 2.45) is 0 Å². The molecule has 2 nitrogen and oxygen atoms in total. The van der Waals surface area contributed by atoms with Crippen LogP contribution in [-0.4, -0.2) is 9.38 Å². The smallest absolute Gasteiger partial charge is 0.146 e. The van der Waals surface area contributed by atoms with E-state index in [-0.39, 0.29) is 0 Å². The molecule has 1 aliphatic heterocycles. The number of benzene rings is 7. The zero-order valence-electron chi connectivity index (χ0n) is 25.1. The Morgan fingerprint density at radius 2 is 0.935 bits per heavy atom. The molecule has 9 aromatic rings. The molecule has 46 heavy (non-hydrogen) atoms. The first-order valence-electron chi connectivity index (χ1n) is 15.8. The van der Waals surface area contributed by atoms with E-state index in [4.69, 9.17) is 4.98 Å². The molecule has 0 atom stereocenters. The van der Waals surface area contributed by atoms with Gasteiger partial charge in [-0.25, -0.2) is 4.98 Å². The largest absolute Gasteiger partial charge is 0.292 e. The maximum atomic E-state index is 5.15. The van der Waals surface area contributed by atoms with E-state index in [2.05, 4.69) is 180 Å². The number of thiol groups is 1. The number of pyridine rings is 1. The van der Waals surface area contributed by atoms with Crippen LogP contribution in [0.4, 0.5) is 0 Å². The van der Waals surface area contributed by atoms with Gasteiger partial charge in [0.05, 0.1) is 16.6 Å². The molecule has 10 rings (SSSR count). The molecule has 0 N–H and O–H groups in total. The van der Waals surface area contributed by atoms with Gasteiger partial charge in [0, 0.05) is 20.6 Å². The second-order valence-electron chi connectivity index (χ2n) is 12.4. The first-order valence-corrected chi connectivity index (χ1v) is 18.1. The third-order valence-electron chi connectivity index (χ3n) is 10.3. The van der Waals surface area contributed by atoms with Crippen LogP contribution in [0.1, 0.15) is 0 Å². The van der Waals surface area contributed by atoms with E-state index in [9.17, 15) is 0 Å². The lowest BCUT2D eigenvalue weighted by atomic mass is 9.99. The predicted octanol–water partition coefficient (Wildman–Crippen LogP) is 11.4. The van der Waals surface area contributed by atoms with Crippen LogP contribution in [-0.2, 0) is 0 Å². The Morgan fingerprint density at radius 1 is 0.391 bits per heavy atom. The third-order valence-corrected chi connectivity index (χ3v) is 16.8. The quantitative estimate of drug-likeness (QED) is 0.120. The third kappa shape index (κ3) is 3.06. The van der Waals surface area contributed by atoms with Crippen molar-refractivity contribution in [3.63, 3.8) is 0 Å². The predicted molar refractivity (Wildman–Crippen MR) is 193 cm³/mol. The van der Waals surface area contributed by atoms with Gasteiger partial charge in [-0.2, -0.15) is 9.16 Å². The summed E-state index contributed by atoms with van der Waals surface area (Å²) in [4.78, 5) is 12.3. The van der Waals surface area contributed by atoms with Crippen molar-refractivity contribution in [2.45, 2.75) is 24.5 Å². The number of nitrogens with zero attached hydrogens (tertiary/aromatic N) is 2. The molecule has 0 saturated carbocycles. The molecule has 0 radical (unpaired) electrons. The number of aromatic nitrogens is 2. The average molecular weight is 607 g/mol. The van der Waals surface area contributed by atoms with Gasteiger partial charge in [-0.05, 0) is 79.7 Å². The highest BCUT2D eigenvalue weighted by molar-refractivity contribution is 8.54. The van der Waals surface area contributed by atoms with E-state index in [1.165, 1.54) is 57.3 Å². The summed E-state index contributed by atoms with van der Waals surface area (Å²) in [7, 11) is -2.96. The van der Waals surface area contributed by atoms with Crippen LogP contribution in [0.5, 0.6) is 0 Å². The van der Waals surface area contributed by atoms with E-state index < -0.39 is 9.16 Å². The van der Waals surface area contributed by atoms with E-state index in [1.807, 2.05) is 0 Å². The van der Waals surface area contributed by atoms with E-state index >= 15 is 0 Å². The standard InChI is InChI=1S/C43H30N2S/c1-3-13-32(14-4-1)46(33-15-5-2-6-16-33,41-21-11-12-22-42(41)46)34-26-23-30(24-27-34)31-25-28-35-36-17-7-9-19-39(36)45-40-20-10-8-18-38(40)44-43(45)37(35)29-31/h1-29,46H. The Balaban J connectivity index is 1.20. The number of hydrogen-bond acceptors (Lipinski definition) is 1. The lowest BCUT2D eigenvalue weighted by Gasteiger charge is -2.48. The molecule has 0 unspecified atom stereocenters. The van der Waals surface area contributed by atoms with Gasteiger partial charge in [0.15, 0.2) is 0 Å². The number of rotatable bonds is 4. The molecular formula is C43H30N2S. The fourth-order valence-electron chi connectivity index (χ4n) is 8.31. The second kappa shape index (κ2) is 9.20. The molecular weight excluding hydrogens is 577 g/mol. The summed E-state index contributed by atoms with van der Waals surface area (Å²) in [6.45, 7) is 0. The minimum absolute atomic E-state index is 1.000. The summed E-state index contributed by atoms with van der Waals surface area (Å²) in [5.41, 5.74) is 6.73. The molecule has 0 bridgehead atoms. The molecule has 7 aromatic carbocycles. The summed E-state index contributed by atoms with van der Waals surface area (Å²) in [5.74, 6) is 0. The minimum Gasteiger partial charge on any atom is -0.292 e. The molecule has 1 aliphatic rings. The normalized spacial score (nSPS) is 15.4. The van der Waals surface area contributed by atoms with Gasteiger partial charge in [-0.3, -0.25) is 4.40 Å². The average Bonchev–Trinajstić information content (AvgIpc) is 3.59. The van der Waals surface area contributed by atoms with Crippen molar-refractivity contribution in [1.82, 2.24) is 9.38 Å². The Morgan fingerprint density at radius 3 is 1.63 bits per heavy atom. The maximum Gasteiger partial charge on any atom is 0.146 e. The van der Waals surface area contributed by atoms with Gasteiger partial charge < -0.3 is 0 Å². The fourth-order valence-corrected chi connectivity index (χ4v) is 15.3. The molecule has 3 heterocycles. The summed E-state index contributed by atoms with van der Waals surface area (Å²) in [6, 6.07) is 64.9. The zero-order valence-corrected chi connectivity index (χ0v) is 26.0. The van der Waals surface area contributed by atoms with Gasteiger partial charge >= 0.3 is 0 Å². The van der Waals surface area contributed by atoms with Crippen molar-refractivity contribution in [3.05, 3.63) is 176 Å². The number of imidazole rings is 1. The van der Waals surface area contributed by atoms with Crippen LogP contribution in [0.3, 0.4) is 0 Å². The van der Waals surface area contributed by atoms with Crippen LogP contribution < -0.4 is 0 Å². The molecule has 218 valence electrons. The van der Waals surface area contributed by atoms with Gasteiger partial charge in [0.1, 0.15) is 5.65 Å². The number of hydrogen-bond donors (Lipinski definition) is 1. The van der Waals surface area contributed by atoms with Crippen molar-refractivity contribution in [1.29, 1.82) is 0 Å². The topological polar surface area (TPSA) is 17.3 Å². The molecule has 0 spiro atoms. The van der Waals surface area contributed by atoms with Crippen LogP contribution in [0.25, 0.3) is 49.5 Å². The van der Waals surface area contributed by atoms with Crippen LogP contribution in [0.15, 0.2) is 200 Å². The lowest BCUT2D eigenvalue weighted by molar-refractivity contribution is 1.27. The Hall–Kier alpha value is -5.64. The van der Waals surface area contributed by atoms with Crippen LogP contribution >= 0.6 is 9.16 Å². The van der Waals surface area contributed by atoms with Gasteiger partial charge in [0.2, 0.25) is 0 Å². The number of fused-ring (bicyclic) bond motifs is 9. The minimum atomic E-state index is -2.96. The highest BCUT2D eigenvalue weighted by atomic mass is 32.3. The molecule has 0 amide bonds. The number of para-hydroxylation sites is 3. The Bertz CT molecular complexity index is 2570. The molecule has 0 fully saturated rings. The maximum absolute atomic E-state index is 5.15. The van der Waals surface area contributed by atoms with Crippen LogP contribution in [0.2, 0.25) is 0 Å². The summed E-state index contributed by atoms with van der Waals surface area (Å²) < 4.78 is 2.32. The molecule has 0 aliphatic carbocycles. The fraction of sp³-hybridized carbons (Fsp3) is 0. The first-order chi connectivity index (χ1) is 22.8. The molecule has 3 heteroatoms. The second-order valence-corrected chi connectivity index (χ2v) is 17.1. The van der Waals surface area contributed by atoms with E-state index in [0.717, 1.165) is 16.7 Å². The van der Waals surface area contributed by atoms with Crippen molar-refractivity contribution in [3.8, 4) is 11.1 Å². The van der Waals surface area contributed by atoms with Crippen molar-refractivity contribution >= 4 is 47.5 Å². The summed E-state index contributed by atoms with van der Waals surface area (Å²) in [5, 5.41) is 3.63. The molecule has 0 saturated heterocycles. The Kier molecular flexibility index (Phi) is 5.13. The first kappa shape index (κ1) is 25.7. The van der Waals surface area contributed by atoms with Crippen LogP contribution in [0, 0.1) is 0 Å². The van der Waals surface area contributed by atoms with Gasteiger partial charge in [-0.15, -0.1) is 0 Å². The Labute approximate surface area is 267 Å². The highest BCUT2D eigenvalue weighted by Crippen LogP contribution is 3.06. The highest BCUT2D eigenvalue weighted by Gasteiger charge is 2.62. The van der Waals surface area contributed by atoms with Gasteiger partial charge in [-0.1, -0.05) is 127 Å².